The molecule has 8 heteroatoms. The van der Waals surface area contributed by atoms with Gasteiger partial charge in [-0.2, -0.15) is 13.2 Å². The molecule has 1 aromatic carbocycles. The van der Waals surface area contributed by atoms with E-state index < -0.39 is 15.6 Å². The van der Waals surface area contributed by atoms with Crippen molar-refractivity contribution in [1.82, 2.24) is 0 Å². The minimum atomic E-state index is -6.09. The van der Waals surface area contributed by atoms with E-state index in [1.165, 1.54) is 34.8 Å². The highest BCUT2D eigenvalue weighted by Crippen LogP contribution is 2.20. The molecule has 0 aliphatic heterocycles. The van der Waals surface area contributed by atoms with E-state index in [0.29, 0.717) is 0 Å². The number of hydrogen-bond donors (Lipinski definition) is 0. The zero-order valence-corrected chi connectivity index (χ0v) is 14.9. The Kier molecular flexibility index (Phi) is 8.08. The van der Waals surface area contributed by atoms with Crippen LogP contribution in [0.15, 0.2) is 42.0 Å². The average molecular weight is 458 g/mol. The van der Waals surface area contributed by atoms with Crippen LogP contribution in [-0.4, -0.2) is 18.5 Å². The van der Waals surface area contributed by atoms with Gasteiger partial charge in [0.1, 0.15) is 0 Å². The molecule has 126 valence electrons. The third-order valence-corrected chi connectivity index (χ3v) is 5.12. The van der Waals surface area contributed by atoms with Crippen LogP contribution in [0.1, 0.15) is 25.7 Å². The molecule has 1 aromatic rings. The lowest BCUT2D eigenvalue weighted by Crippen LogP contribution is -3.59. The van der Waals surface area contributed by atoms with Crippen LogP contribution in [0.5, 0.6) is 0 Å². The van der Waals surface area contributed by atoms with Gasteiger partial charge in [0.25, 0.3) is 0 Å². The Labute approximate surface area is 144 Å². The van der Waals surface area contributed by atoms with Crippen molar-refractivity contribution in [2.45, 2.75) is 31.2 Å². The van der Waals surface area contributed by atoms with Crippen molar-refractivity contribution >= 4 is 10.1 Å². The number of alkyl halides is 3. The van der Waals surface area contributed by atoms with Crippen molar-refractivity contribution < 1.29 is 47.3 Å². The van der Waals surface area contributed by atoms with Crippen LogP contribution in [0.25, 0.3) is 0 Å². The van der Waals surface area contributed by atoms with E-state index in [4.69, 9.17) is 13.0 Å². The van der Waals surface area contributed by atoms with Gasteiger partial charge in [-0.1, -0.05) is 24.3 Å². The Balaban J connectivity index is 0.000000284. The molecule has 1 aliphatic carbocycles. The molecular formula is C15H14F3IO3S. The molecule has 0 fully saturated rings. The summed E-state index contributed by atoms with van der Waals surface area (Å²) in [6, 6.07) is 10.6. The predicted molar refractivity (Wildman–Crippen MR) is 75.2 cm³/mol. The van der Waals surface area contributed by atoms with Gasteiger partial charge in [0, 0.05) is 5.57 Å². The van der Waals surface area contributed by atoms with Gasteiger partial charge in [0.15, 0.2) is 14.0 Å². The largest absolute Gasteiger partial charge is 0.741 e. The van der Waals surface area contributed by atoms with Gasteiger partial charge in [-0.15, -0.1) is 0 Å². The van der Waals surface area contributed by atoms with Crippen LogP contribution >= 0.6 is 0 Å². The van der Waals surface area contributed by atoms with Crippen molar-refractivity contribution in [1.29, 1.82) is 0 Å². The molecule has 3 nitrogen and oxygen atoms in total. The number of halogens is 4. The van der Waals surface area contributed by atoms with Crippen molar-refractivity contribution in [2.75, 3.05) is 0 Å². The van der Waals surface area contributed by atoms with E-state index in [0.717, 1.165) is 0 Å². The quantitative estimate of drug-likeness (QED) is 0.266. The van der Waals surface area contributed by atoms with Crippen molar-refractivity contribution in [3.8, 4) is 9.85 Å². The second-order valence-electron chi connectivity index (χ2n) is 4.48. The molecule has 0 saturated carbocycles. The molecule has 0 N–H and O–H groups in total. The van der Waals surface area contributed by atoms with Crippen LogP contribution in [0, 0.1) is 13.4 Å². The molecule has 2 rings (SSSR count). The Morgan fingerprint density at radius 2 is 1.74 bits per heavy atom. The molecule has 1 aliphatic rings. The minimum absolute atomic E-state index is 0.102. The summed E-state index contributed by atoms with van der Waals surface area (Å²) in [5.41, 5.74) is -4.27. The lowest BCUT2D eigenvalue weighted by Gasteiger charge is -2.08. The fraction of sp³-hybridized carbons (Fsp3) is 0.333. The van der Waals surface area contributed by atoms with Gasteiger partial charge in [0.05, 0.1) is 0 Å². The summed E-state index contributed by atoms with van der Waals surface area (Å²) >= 11 is -0.102. The summed E-state index contributed by atoms with van der Waals surface area (Å²) in [5.74, 6) is 3.33. The standard InChI is InChI=1S/C14H14I.CHF3O3S/c1-3-7-13(8-4-1)11-12-15-14-9-5-2-6-10-14;2-1(3,4)8(5,6)7/h2,5-7,9-10H,1,3-4,8H2;(H,5,6,7)/q+1;/p-1. The van der Waals surface area contributed by atoms with Crippen molar-refractivity contribution in [2.24, 2.45) is 0 Å². The van der Waals surface area contributed by atoms with E-state index in [9.17, 15) is 13.2 Å². The zero-order chi connectivity index (χ0) is 17.3. The third-order valence-electron chi connectivity index (χ3n) is 2.67. The fourth-order valence-corrected chi connectivity index (χ4v) is 3.14. The topological polar surface area (TPSA) is 57.2 Å². The van der Waals surface area contributed by atoms with Gasteiger partial charge in [-0.25, -0.2) is 8.42 Å². The van der Waals surface area contributed by atoms with Gasteiger partial charge >= 0.3 is 26.7 Å². The van der Waals surface area contributed by atoms with Crippen LogP contribution < -0.4 is 21.2 Å². The Hall–Kier alpha value is -1.05. The smallest absolute Gasteiger partial charge is 0.485 e. The van der Waals surface area contributed by atoms with E-state index in [1.807, 2.05) is 0 Å². The minimum Gasteiger partial charge on any atom is -0.741 e. The molecule has 0 saturated heterocycles. The van der Waals surface area contributed by atoms with Gasteiger partial charge in [-0.3, -0.25) is 0 Å². The summed E-state index contributed by atoms with van der Waals surface area (Å²) in [6.07, 6.45) is 7.41. The molecule has 23 heavy (non-hydrogen) atoms. The first-order valence-corrected chi connectivity index (χ1v) is 10.2. The highest BCUT2D eigenvalue weighted by atomic mass is 127. The number of rotatable bonds is 1. The van der Waals surface area contributed by atoms with E-state index in [-0.39, 0.29) is 21.2 Å². The Morgan fingerprint density at radius 1 is 1.13 bits per heavy atom. The first kappa shape index (κ1) is 20.0. The Morgan fingerprint density at radius 3 is 2.22 bits per heavy atom. The summed E-state index contributed by atoms with van der Waals surface area (Å²) in [4.78, 5) is 0. The predicted octanol–water partition coefficient (Wildman–Crippen LogP) is 0.458. The lowest BCUT2D eigenvalue weighted by atomic mass is 10.0. The van der Waals surface area contributed by atoms with Crippen LogP contribution in [0.2, 0.25) is 0 Å². The van der Waals surface area contributed by atoms with Gasteiger partial charge < -0.3 is 4.55 Å². The molecule has 0 atom stereocenters. The molecule has 0 aromatic heterocycles. The van der Waals surface area contributed by atoms with Crippen LogP contribution in [-0.2, 0) is 10.1 Å². The van der Waals surface area contributed by atoms with Gasteiger partial charge in [0.2, 0.25) is 3.57 Å². The first-order valence-electron chi connectivity index (χ1n) is 6.61. The maximum absolute atomic E-state index is 10.7. The van der Waals surface area contributed by atoms with Crippen LogP contribution in [0.4, 0.5) is 13.2 Å². The third kappa shape index (κ3) is 8.39. The molecular weight excluding hydrogens is 444 g/mol. The number of benzene rings is 1. The SMILES string of the molecule is C(#CC1=CCCCC1)[I+]c1ccccc1.O=S(=O)([O-])C(F)(F)F. The maximum atomic E-state index is 10.7. The number of allylic oxidation sites excluding steroid dienone is 2. The molecule has 0 heterocycles. The highest BCUT2D eigenvalue weighted by Gasteiger charge is 2.36. The number of hydrogen-bond acceptors (Lipinski definition) is 3. The lowest BCUT2D eigenvalue weighted by molar-refractivity contribution is -0.535. The first-order chi connectivity index (χ1) is 10.7. The molecule has 0 amide bonds. The second-order valence-corrected chi connectivity index (χ2v) is 8.18. The zero-order valence-electron chi connectivity index (χ0n) is 11.9. The molecule has 0 radical (unpaired) electrons. The van der Waals surface area contributed by atoms with Gasteiger partial charge in [-0.05, 0) is 43.7 Å². The van der Waals surface area contributed by atoms with E-state index in [2.05, 4.69) is 46.3 Å². The molecule has 0 unspecified atom stereocenters. The van der Waals surface area contributed by atoms with Crippen molar-refractivity contribution in [3.63, 3.8) is 0 Å². The van der Waals surface area contributed by atoms with Crippen LogP contribution in [0.3, 0.4) is 0 Å². The van der Waals surface area contributed by atoms with Crippen molar-refractivity contribution in [3.05, 3.63) is 45.6 Å². The summed E-state index contributed by atoms with van der Waals surface area (Å²) in [7, 11) is -6.09. The fourth-order valence-electron chi connectivity index (χ4n) is 1.57. The maximum Gasteiger partial charge on any atom is 0.485 e. The highest BCUT2D eigenvalue weighted by molar-refractivity contribution is 7.86. The second kappa shape index (κ2) is 9.30. The average Bonchev–Trinajstić information content (AvgIpc) is 2.48. The summed E-state index contributed by atoms with van der Waals surface area (Å²) in [6.45, 7) is 0. The van der Waals surface area contributed by atoms with E-state index in [1.54, 1.807) is 0 Å². The summed E-state index contributed by atoms with van der Waals surface area (Å²) < 4.78 is 63.7. The normalized spacial score (nSPS) is 14.7. The van der Waals surface area contributed by atoms with E-state index >= 15 is 0 Å². The molecule has 0 spiro atoms. The molecule has 0 bridgehead atoms. The summed E-state index contributed by atoms with van der Waals surface area (Å²) in [5, 5.41) is 0. The monoisotopic (exact) mass is 458 g/mol. The Bertz CT molecular complexity index is 686.